The molecule has 1 aromatic carbocycles. The quantitative estimate of drug-likeness (QED) is 0.817. The van der Waals surface area contributed by atoms with Gasteiger partial charge in [0.25, 0.3) is 0 Å². The van der Waals surface area contributed by atoms with Gasteiger partial charge in [-0.25, -0.2) is 0 Å². The van der Waals surface area contributed by atoms with E-state index in [0.29, 0.717) is 0 Å². The van der Waals surface area contributed by atoms with Crippen LogP contribution in [0.1, 0.15) is 25.5 Å². The van der Waals surface area contributed by atoms with E-state index < -0.39 is 16.6 Å². The summed E-state index contributed by atoms with van der Waals surface area (Å²) in [5, 5.41) is 0. The van der Waals surface area contributed by atoms with E-state index >= 15 is 0 Å². The molecule has 0 aromatic heterocycles. The van der Waals surface area contributed by atoms with Gasteiger partial charge in [0.05, 0.1) is 0 Å². The van der Waals surface area contributed by atoms with Crippen LogP contribution in [-0.2, 0) is 3.07 Å². The Morgan fingerprint density at radius 1 is 1.47 bits per heavy atom. The predicted molar refractivity (Wildman–Crippen MR) is 70.8 cm³/mol. The summed E-state index contributed by atoms with van der Waals surface area (Å²) in [7, 11) is 0. The van der Waals surface area contributed by atoms with Crippen molar-refractivity contribution >= 4 is 32.9 Å². The average molecular weight is 379 g/mol. The van der Waals surface area contributed by atoms with Gasteiger partial charge in [0.1, 0.15) is 0 Å². The molecule has 0 heterocycles. The van der Waals surface area contributed by atoms with E-state index in [-0.39, 0.29) is 6.04 Å². The summed E-state index contributed by atoms with van der Waals surface area (Å²) >= 11 is 1.08. The normalized spacial score (nSPS) is 17.1. The summed E-state index contributed by atoms with van der Waals surface area (Å²) in [5.74, 6) is 0. The molecule has 2 nitrogen and oxygen atoms in total. The molecule has 2 atom stereocenters. The summed E-state index contributed by atoms with van der Waals surface area (Å²) in [4.78, 5) is 2.21. The van der Waals surface area contributed by atoms with Crippen molar-refractivity contribution in [1.29, 1.82) is 0 Å². The second-order valence-corrected chi connectivity index (χ2v) is 21.5. The molecule has 0 aliphatic carbocycles. The molecule has 0 aliphatic rings. The molecule has 4 heteroatoms. The molecule has 0 saturated carbocycles. The number of benzene rings is 1. The molecule has 2 N–H and O–H groups in total. The van der Waals surface area contributed by atoms with E-state index in [1.807, 2.05) is 19.9 Å². The Hall–Kier alpha value is 0.419. The van der Waals surface area contributed by atoms with Crippen molar-refractivity contribution in [2.75, 3.05) is 6.61 Å². The fourth-order valence-corrected chi connectivity index (χ4v) is 11.1. The molecule has 1 rings (SSSR count). The van der Waals surface area contributed by atoms with E-state index in [1.165, 1.54) is 9.14 Å². The van der Waals surface area contributed by atoms with E-state index in [0.717, 1.165) is 6.61 Å². The molecule has 0 bridgehead atoms. The van der Waals surface area contributed by atoms with Crippen LogP contribution in [-0.4, -0.2) is 23.2 Å². The fourth-order valence-electron chi connectivity index (χ4n) is 1.65. The Labute approximate surface area is 102 Å². The maximum atomic E-state index is 5.96. The number of halogens is 1. The number of rotatable bonds is 4. The zero-order chi connectivity index (χ0) is 11.5. The Bertz CT molecular complexity index is 328. The van der Waals surface area contributed by atoms with Crippen LogP contribution in [0.4, 0.5) is 0 Å². The molecule has 0 fully saturated rings. The van der Waals surface area contributed by atoms with Crippen LogP contribution in [0.15, 0.2) is 24.3 Å². The monoisotopic (exact) mass is 379 g/mol. The number of hydrogen-bond acceptors (Lipinski definition) is 2. The van der Waals surface area contributed by atoms with Gasteiger partial charge in [0.15, 0.2) is 0 Å². The SMILES string of the molecule is CC[O][Sn]([CH3])([Br])[c]1ccccc1C(C)N. The number of hydrogen-bond donors (Lipinski definition) is 1. The first kappa shape index (κ1) is 13.5. The van der Waals surface area contributed by atoms with Crippen molar-refractivity contribution in [3.63, 3.8) is 0 Å². The van der Waals surface area contributed by atoms with Crippen LogP contribution < -0.4 is 9.31 Å². The molecule has 0 saturated heterocycles. The van der Waals surface area contributed by atoms with Crippen molar-refractivity contribution in [3.8, 4) is 0 Å². The second-order valence-electron chi connectivity index (χ2n) is 3.73. The van der Waals surface area contributed by atoms with Crippen LogP contribution >= 0.6 is 12.7 Å². The third-order valence-corrected chi connectivity index (χ3v) is 13.2. The van der Waals surface area contributed by atoms with E-state index in [9.17, 15) is 0 Å². The predicted octanol–water partition coefficient (Wildman–Crippen LogP) is 2.42. The molecule has 1 aromatic rings. The molecule has 15 heavy (non-hydrogen) atoms. The minimum absolute atomic E-state index is 0.0650. The topological polar surface area (TPSA) is 35.2 Å². The summed E-state index contributed by atoms with van der Waals surface area (Å²) in [6.07, 6.45) is 0. The maximum absolute atomic E-state index is 5.96. The molecular weight excluding hydrogens is 361 g/mol. The Morgan fingerprint density at radius 2 is 2.07 bits per heavy atom. The van der Waals surface area contributed by atoms with Crippen molar-refractivity contribution in [3.05, 3.63) is 29.8 Å². The third-order valence-electron chi connectivity index (χ3n) is 2.35. The zero-order valence-electron chi connectivity index (χ0n) is 9.46. The van der Waals surface area contributed by atoms with Gasteiger partial charge in [-0.05, 0) is 0 Å². The van der Waals surface area contributed by atoms with Gasteiger partial charge < -0.3 is 0 Å². The van der Waals surface area contributed by atoms with Gasteiger partial charge in [-0.2, -0.15) is 0 Å². The van der Waals surface area contributed by atoms with Crippen LogP contribution in [0, 0.1) is 0 Å². The Balaban J connectivity index is 3.12. The third kappa shape index (κ3) is 3.44. The molecule has 0 radical (unpaired) electrons. The fraction of sp³-hybridized carbons (Fsp3) is 0.455. The average Bonchev–Trinajstić information content (AvgIpc) is 2.17. The minimum atomic E-state index is -2.72. The van der Waals surface area contributed by atoms with Crippen LogP contribution in [0.3, 0.4) is 0 Å². The van der Waals surface area contributed by atoms with Gasteiger partial charge in [0.2, 0.25) is 0 Å². The van der Waals surface area contributed by atoms with Gasteiger partial charge in [0, 0.05) is 0 Å². The van der Waals surface area contributed by atoms with E-state index in [2.05, 4.69) is 35.8 Å². The zero-order valence-corrected chi connectivity index (χ0v) is 13.9. The number of nitrogens with two attached hydrogens (primary N) is 1. The molecule has 84 valence electrons. The first-order chi connectivity index (χ1) is 6.99. The van der Waals surface area contributed by atoms with Crippen molar-refractivity contribution < 1.29 is 3.07 Å². The first-order valence-corrected chi connectivity index (χ1v) is 17.0. The van der Waals surface area contributed by atoms with Crippen molar-refractivity contribution in [2.24, 2.45) is 5.73 Å². The molecule has 0 aliphatic heterocycles. The van der Waals surface area contributed by atoms with Crippen molar-refractivity contribution in [2.45, 2.75) is 24.8 Å². The Morgan fingerprint density at radius 3 is 2.60 bits per heavy atom. The van der Waals surface area contributed by atoms with E-state index in [4.69, 9.17) is 8.81 Å². The summed E-state index contributed by atoms with van der Waals surface area (Å²) in [5.41, 5.74) is 7.17. The van der Waals surface area contributed by atoms with Crippen molar-refractivity contribution in [1.82, 2.24) is 0 Å². The second kappa shape index (κ2) is 5.66. The summed E-state index contributed by atoms with van der Waals surface area (Å²) in [6, 6.07) is 8.38. The summed E-state index contributed by atoms with van der Waals surface area (Å²) in [6.45, 7) is 4.80. The standard InChI is InChI=1S/C8H10N.C2H5O.CH3.BrH.Sn/c1-7(9)8-5-3-2-4-6-8;1-2-3;;;/h2-5,7H,9H2,1H3;2H2,1H3;1H3;1H;/q;-1;;;+2/p-1. The Kier molecular flexibility index (Phi) is 5.09. The molecule has 0 spiro atoms. The molecule has 2 unspecified atom stereocenters. The molecular formula is C11H18BrNOSn. The van der Waals surface area contributed by atoms with E-state index in [1.54, 1.807) is 0 Å². The molecule has 0 amide bonds. The van der Waals surface area contributed by atoms with Crippen LogP contribution in [0.2, 0.25) is 4.94 Å². The summed E-state index contributed by atoms with van der Waals surface area (Å²) < 4.78 is 7.19. The van der Waals surface area contributed by atoms with Gasteiger partial charge in [-0.15, -0.1) is 0 Å². The van der Waals surface area contributed by atoms with Gasteiger partial charge >= 0.3 is 103 Å². The van der Waals surface area contributed by atoms with Crippen LogP contribution in [0.5, 0.6) is 0 Å². The first-order valence-electron chi connectivity index (χ1n) is 5.17. The van der Waals surface area contributed by atoms with Gasteiger partial charge in [-0.1, -0.05) is 0 Å². The van der Waals surface area contributed by atoms with Gasteiger partial charge in [-0.3, -0.25) is 0 Å². The van der Waals surface area contributed by atoms with Crippen LogP contribution in [0.25, 0.3) is 0 Å².